The zero-order chi connectivity index (χ0) is 10.8. The summed E-state index contributed by atoms with van der Waals surface area (Å²) in [7, 11) is 0. The summed E-state index contributed by atoms with van der Waals surface area (Å²) in [5.41, 5.74) is 5.75. The van der Waals surface area contributed by atoms with E-state index in [1.165, 1.54) is 25.7 Å². The third kappa shape index (κ3) is 9.81. The monoisotopic (exact) mass is 215 g/mol. The van der Waals surface area contributed by atoms with Crippen LogP contribution in [-0.2, 0) is 4.79 Å². The molecule has 1 unspecified atom stereocenters. The van der Waals surface area contributed by atoms with Gasteiger partial charge < -0.3 is 5.73 Å². The van der Waals surface area contributed by atoms with Crippen molar-refractivity contribution in [1.29, 1.82) is 0 Å². The third-order valence-corrected chi connectivity index (χ3v) is 2.42. The number of carbonyl (C=O) groups excluding carboxylic acids is 1. The molecular weight excluding hydrogens is 194 g/mol. The Bertz CT molecular complexity index is 180. The average Bonchev–Trinajstić information content (AvgIpc) is 2.12. The van der Waals surface area contributed by atoms with Gasteiger partial charge in [-0.05, 0) is 25.7 Å². The highest BCUT2D eigenvalue weighted by molar-refractivity contribution is 7.96. The van der Waals surface area contributed by atoms with Crippen molar-refractivity contribution < 1.29 is 4.79 Å². The van der Waals surface area contributed by atoms with Gasteiger partial charge in [-0.25, -0.2) is 0 Å². The van der Waals surface area contributed by atoms with E-state index in [2.05, 4.69) is 24.8 Å². The molecule has 0 aliphatic heterocycles. The summed E-state index contributed by atoms with van der Waals surface area (Å²) in [4.78, 5) is 9.68. The van der Waals surface area contributed by atoms with E-state index >= 15 is 0 Å². The first-order valence-corrected chi connectivity index (χ1v) is 5.74. The van der Waals surface area contributed by atoms with Gasteiger partial charge in [0.1, 0.15) is 0 Å². The van der Waals surface area contributed by atoms with Gasteiger partial charge in [0, 0.05) is 12.5 Å². The minimum absolute atomic E-state index is 0.0509. The zero-order valence-electron chi connectivity index (χ0n) is 8.91. The minimum atomic E-state index is -0.0509. The Balaban J connectivity index is 0.000000292. The lowest BCUT2D eigenvalue weighted by Gasteiger charge is -2.09. The van der Waals surface area contributed by atoms with E-state index in [0.717, 1.165) is 6.42 Å². The molecule has 0 aromatic rings. The molecule has 0 bridgehead atoms. The molecule has 2 nitrogen and oxygen atoms in total. The molecule has 3 heteroatoms. The smallest absolute Gasteiger partial charge is 0.185 e. The van der Waals surface area contributed by atoms with Gasteiger partial charge >= 0.3 is 0 Å². The fourth-order valence-corrected chi connectivity index (χ4v) is 1.18. The lowest BCUT2D eigenvalue weighted by atomic mass is 10.0. The normalized spacial score (nSPS) is 23.8. The van der Waals surface area contributed by atoms with Crippen LogP contribution in [0, 0.1) is 0 Å². The maximum Gasteiger partial charge on any atom is 0.185 e. The van der Waals surface area contributed by atoms with E-state index in [4.69, 9.17) is 5.73 Å². The Morgan fingerprint density at radius 1 is 1.50 bits per heavy atom. The Kier molecular flexibility index (Phi) is 9.10. The van der Waals surface area contributed by atoms with Crippen molar-refractivity contribution in [2.75, 3.05) is 0 Å². The number of rotatable bonds is 1. The number of allylic oxidation sites excluding steroid dienone is 1. The summed E-state index contributed by atoms with van der Waals surface area (Å²) in [6, 6.07) is 0.432. The van der Waals surface area contributed by atoms with E-state index in [0.29, 0.717) is 12.5 Å². The van der Waals surface area contributed by atoms with Crippen LogP contribution in [0.2, 0.25) is 0 Å². The van der Waals surface area contributed by atoms with E-state index in [9.17, 15) is 4.79 Å². The molecule has 1 rings (SSSR count). The second-order valence-corrected chi connectivity index (χ2v) is 4.00. The summed E-state index contributed by atoms with van der Waals surface area (Å²) in [5.74, 6) is 0. The number of nitrogens with two attached hydrogens (primary N) is 1. The van der Waals surface area contributed by atoms with Crippen molar-refractivity contribution >= 4 is 17.7 Å². The second kappa shape index (κ2) is 9.28. The molecule has 14 heavy (non-hydrogen) atoms. The van der Waals surface area contributed by atoms with E-state index in [-0.39, 0.29) is 5.12 Å². The van der Waals surface area contributed by atoms with Gasteiger partial charge in [-0.1, -0.05) is 25.5 Å². The van der Waals surface area contributed by atoms with Crippen molar-refractivity contribution in [3.05, 3.63) is 12.2 Å². The number of carbonyl (C=O) groups is 1. The topological polar surface area (TPSA) is 43.1 Å². The zero-order valence-corrected chi connectivity index (χ0v) is 9.80. The first-order valence-electron chi connectivity index (χ1n) is 5.29. The summed E-state index contributed by atoms with van der Waals surface area (Å²) in [5, 5.41) is -0.0509. The first-order chi connectivity index (χ1) is 6.66. The molecule has 0 aromatic heterocycles. The fourth-order valence-electron chi connectivity index (χ4n) is 1.18. The molecule has 2 N–H and O–H groups in total. The van der Waals surface area contributed by atoms with Crippen molar-refractivity contribution in [1.82, 2.24) is 0 Å². The summed E-state index contributed by atoms with van der Waals surface area (Å²) < 4.78 is 0. The standard InChI is InChI=1S/C8H15N.C3H6OS/c9-8-6-4-2-1-3-5-7-8;1-2-3(4)5/h2,4,8H,1,3,5-7,9H2;2H2,1H3,(H,4,5)/b4-2+;. The van der Waals surface area contributed by atoms with Crippen LogP contribution in [0.5, 0.6) is 0 Å². The second-order valence-electron chi connectivity index (χ2n) is 3.50. The maximum absolute atomic E-state index is 9.68. The Morgan fingerprint density at radius 2 is 2.14 bits per heavy atom. The van der Waals surface area contributed by atoms with Crippen molar-refractivity contribution in [2.24, 2.45) is 5.73 Å². The van der Waals surface area contributed by atoms with Crippen LogP contribution < -0.4 is 5.73 Å². The lowest BCUT2D eigenvalue weighted by Crippen LogP contribution is -2.18. The van der Waals surface area contributed by atoms with E-state index < -0.39 is 0 Å². The molecule has 1 atom stereocenters. The maximum atomic E-state index is 9.68. The van der Waals surface area contributed by atoms with E-state index in [1.807, 2.05) is 0 Å². The molecule has 0 radical (unpaired) electrons. The van der Waals surface area contributed by atoms with Crippen LogP contribution >= 0.6 is 12.6 Å². The van der Waals surface area contributed by atoms with Gasteiger partial charge in [0.2, 0.25) is 0 Å². The van der Waals surface area contributed by atoms with Gasteiger partial charge in [-0.2, -0.15) is 0 Å². The summed E-state index contributed by atoms with van der Waals surface area (Å²) >= 11 is 3.46. The molecule has 0 heterocycles. The molecule has 82 valence electrons. The number of thiol groups is 1. The molecule has 1 aliphatic carbocycles. The van der Waals surface area contributed by atoms with Crippen molar-refractivity contribution in [3.63, 3.8) is 0 Å². The minimum Gasteiger partial charge on any atom is -0.327 e. The van der Waals surface area contributed by atoms with Gasteiger partial charge in [0.15, 0.2) is 5.12 Å². The van der Waals surface area contributed by atoms with Gasteiger partial charge in [0.05, 0.1) is 0 Å². The highest BCUT2D eigenvalue weighted by Crippen LogP contribution is 2.09. The molecule has 0 saturated heterocycles. The Labute approximate surface area is 92.4 Å². The highest BCUT2D eigenvalue weighted by atomic mass is 32.1. The molecular formula is C11H21NOS. The van der Waals surface area contributed by atoms with Crippen LogP contribution in [0.25, 0.3) is 0 Å². The molecule has 0 aromatic carbocycles. The van der Waals surface area contributed by atoms with Crippen LogP contribution in [0.15, 0.2) is 12.2 Å². The van der Waals surface area contributed by atoms with Crippen LogP contribution in [0.3, 0.4) is 0 Å². The predicted molar refractivity (Wildman–Crippen MR) is 64.5 cm³/mol. The molecule has 0 fully saturated rings. The molecule has 0 amide bonds. The van der Waals surface area contributed by atoms with E-state index in [1.54, 1.807) is 6.92 Å². The largest absolute Gasteiger partial charge is 0.327 e. The fraction of sp³-hybridized carbons (Fsp3) is 0.727. The summed E-state index contributed by atoms with van der Waals surface area (Å²) in [6.07, 6.45) is 11.2. The Hall–Kier alpha value is -0.280. The van der Waals surface area contributed by atoms with Gasteiger partial charge in [0.25, 0.3) is 0 Å². The Morgan fingerprint density at radius 3 is 2.71 bits per heavy atom. The van der Waals surface area contributed by atoms with Crippen LogP contribution in [0.4, 0.5) is 0 Å². The van der Waals surface area contributed by atoms with Crippen molar-refractivity contribution in [2.45, 2.75) is 51.5 Å². The predicted octanol–water partition coefficient (Wildman–Crippen LogP) is 2.69. The molecule has 0 spiro atoms. The lowest BCUT2D eigenvalue weighted by molar-refractivity contribution is -0.110. The summed E-state index contributed by atoms with van der Waals surface area (Å²) in [6.45, 7) is 1.77. The van der Waals surface area contributed by atoms with Gasteiger partial charge in [-0.3, -0.25) is 4.79 Å². The third-order valence-electron chi connectivity index (χ3n) is 2.10. The SMILES string of the molecule is CCC(=O)S.NC1C/C=C/CCCC1. The average molecular weight is 215 g/mol. The number of hydrogen-bond donors (Lipinski definition) is 2. The molecule has 1 aliphatic rings. The highest BCUT2D eigenvalue weighted by Gasteiger charge is 2.00. The number of hydrogen-bond acceptors (Lipinski definition) is 2. The van der Waals surface area contributed by atoms with Crippen LogP contribution in [0.1, 0.15) is 45.4 Å². The quantitative estimate of drug-likeness (QED) is 0.521. The van der Waals surface area contributed by atoms with Crippen molar-refractivity contribution in [3.8, 4) is 0 Å². The molecule has 0 saturated carbocycles. The first kappa shape index (κ1) is 13.7. The van der Waals surface area contributed by atoms with Crippen LogP contribution in [-0.4, -0.2) is 11.2 Å². The van der Waals surface area contributed by atoms with Gasteiger partial charge in [-0.15, -0.1) is 12.6 Å².